The van der Waals surface area contributed by atoms with Gasteiger partial charge in [-0.15, -0.1) is 0 Å². The molecule has 3 atom stereocenters. The summed E-state index contributed by atoms with van der Waals surface area (Å²) in [5.41, 5.74) is 1.77. The van der Waals surface area contributed by atoms with Gasteiger partial charge >= 0.3 is 5.97 Å². The molecule has 228 valence electrons. The highest BCUT2D eigenvalue weighted by atomic mass is 19.2. The molecule has 0 spiro atoms. The third kappa shape index (κ3) is 7.20. The summed E-state index contributed by atoms with van der Waals surface area (Å²) >= 11 is 0. The Hall–Kier alpha value is -2.84. The fraction of sp³-hybridized carbons (Fsp3) is 0.588. The minimum absolute atomic E-state index is 0.0556. The van der Waals surface area contributed by atoms with Crippen LogP contribution in [0.15, 0.2) is 48.5 Å². The predicted molar refractivity (Wildman–Crippen MR) is 159 cm³/mol. The smallest absolute Gasteiger partial charge is 0.321 e. The van der Waals surface area contributed by atoms with Gasteiger partial charge in [0.25, 0.3) is 0 Å². The summed E-state index contributed by atoms with van der Waals surface area (Å²) in [5, 5.41) is 10.3. The first-order valence-corrected chi connectivity index (χ1v) is 15.8. The lowest BCUT2D eigenvalue weighted by Gasteiger charge is -2.39. The standard InChI is InChI=1S/C34H45F2N3O3/c1-2-39(32(40)20-24-13-14-30(35)31(36)19-24)28-15-17-37(18-16-28)21-27-22-38(23-29(27)25-9-5-3-6-10-25)33(34(41)42)26-11-7-4-8-12-26/h3,5-6,9-10,13-14,19,26-29,33H,2,4,7-8,11-12,15-18,20-23H2,1H3,(H,41,42)/t27-,29+,33+/m0/s1. The number of rotatable bonds is 10. The second-order valence-electron chi connectivity index (χ2n) is 12.5. The molecule has 8 heteroatoms. The van der Waals surface area contributed by atoms with E-state index in [0.29, 0.717) is 23.9 Å². The Morgan fingerprint density at radius 3 is 2.31 bits per heavy atom. The zero-order valence-corrected chi connectivity index (χ0v) is 24.8. The van der Waals surface area contributed by atoms with E-state index in [4.69, 9.17) is 0 Å². The van der Waals surface area contributed by atoms with Gasteiger partial charge in [0.15, 0.2) is 11.6 Å². The summed E-state index contributed by atoms with van der Waals surface area (Å²) in [6, 6.07) is 13.9. The second kappa shape index (κ2) is 14.1. The number of hydrogen-bond donors (Lipinski definition) is 1. The number of amides is 1. The highest BCUT2D eigenvalue weighted by Gasteiger charge is 2.43. The molecule has 2 saturated heterocycles. The van der Waals surface area contributed by atoms with E-state index in [9.17, 15) is 23.5 Å². The molecule has 2 aliphatic heterocycles. The molecule has 2 aromatic carbocycles. The molecule has 3 aliphatic rings. The highest BCUT2D eigenvalue weighted by molar-refractivity contribution is 5.79. The zero-order chi connectivity index (χ0) is 29.6. The van der Waals surface area contributed by atoms with Crippen LogP contribution in [-0.4, -0.2) is 83.0 Å². The van der Waals surface area contributed by atoms with Crippen molar-refractivity contribution in [1.29, 1.82) is 0 Å². The first-order chi connectivity index (χ1) is 20.3. The molecule has 0 bridgehead atoms. The normalized spacial score (nSPS) is 23.6. The summed E-state index contributed by atoms with van der Waals surface area (Å²) in [6.45, 7) is 6.79. The summed E-state index contributed by atoms with van der Waals surface area (Å²) in [6.07, 6.45) is 7.26. The molecule has 1 amide bonds. The van der Waals surface area contributed by atoms with Crippen LogP contribution in [0, 0.1) is 23.5 Å². The maximum absolute atomic E-state index is 13.7. The van der Waals surface area contributed by atoms with Crippen molar-refractivity contribution in [3.05, 3.63) is 71.3 Å². The number of hydrogen-bond acceptors (Lipinski definition) is 4. The van der Waals surface area contributed by atoms with Crippen molar-refractivity contribution in [3.8, 4) is 0 Å². The van der Waals surface area contributed by atoms with Gasteiger partial charge in [0.05, 0.1) is 6.42 Å². The van der Waals surface area contributed by atoms with Crippen LogP contribution in [0.1, 0.15) is 68.9 Å². The van der Waals surface area contributed by atoms with Crippen LogP contribution in [0.2, 0.25) is 0 Å². The number of piperidine rings is 1. The average Bonchev–Trinajstić information content (AvgIpc) is 3.40. The minimum Gasteiger partial charge on any atom is -0.480 e. The number of carbonyl (C=O) groups excluding carboxylic acids is 1. The van der Waals surface area contributed by atoms with Gasteiger partial charge in [-0.05, 0) is 67.7 Å². The topological polar surface area (TPSA) is 64.1 Å². The maximum atomic E-state index is 13.7. The van der Waals surface area contributed by atoms with Gasteiger partial charge in [-0.3, -0.25) is 14.5 Å². The van der Waals surface area contributed by atoms with Crippen molar-refractivity contribution in [2.24, 2.45) is 11.8 Å². The highest BCUT2D eigenvalue weighted by Crippen LogP contribution is 2.38. The van der Waals surface area contributed by atoms with Crippen molar-refractivity contribution in [3.63, 3.8) is 0 Å². The van der Waals surface area contributed by atoms with E-state index < -0.39 is 23.6 Å². The van der Waals surface area contributed by atoms with Crippen molar-refractivity contribution in [2.45, 2.75) is 76.3 Å². The fourth-order valence-corrected chi connectivity index (χ4v) is 7.81. The van der Waals surface area contributed by atoms with E-state index >= 15 is 0 Å². The Kier molecular flexibility index (Phi) is 10.3. The Bertz CT molecular complexity index is 1200. The Balaban J connectivity index is 1.22. The van der Waals surface area contributed by atoms with Crippen LogP contribution >= 0.6 is 0 Å². The molecule has 0 aromatic heterocycles. The number of carboxylic acids is 1. The van der Waals surface area contributed by atoms with Gasteiger partial charge in [0.1, 0.15) is 6.04 Å². The summed E-state index contributed by atoms with van der Waals surface area (Å²) < 4.78 is 27.0. The molecule has 3 fully saturated rings. The third-order valence-electron chi connectivity index (χ3n) is 9.93. The van der Waals surface area contributed by atoms with E-state index in [2.05, 4.69) is 34.1 Å². The molecule has 42 heavy (non-hydrogen) atoms. The van der Waals surface area contributed by atoms with Crippen molar-refractivity contribution < 1.29 is 23.5 Å². The quantitative estimate of drug-likeness (QED) is 0.398. The van der Waals surface area contributed by atoms with Gasteiger partial charge in [0.2, 0.25) is 5.91 Å². The predicted octanol–water partition coefficient (Wildman–Crippen LogP) is 5.57. The lowest BCUT2D eigenvalue weighted by atomic mass is 9.83. The van der Waals surface area contributed by atoms with Crippen LogP contribution in [0.4, 0.5) is 8.78 Å². The van der Waals surface area contributed by atoms with Crippen LogP contribution in [0.3, 0.4) is 0 Å². The van der Waals surface area contributed by atoms with Crippen LogP contribution in [0.5, 0.6) is 0 Å². The minimum atomic E-state index is -0.927. The van der Waals surface area contributed by atoms with E-state index in [1.807, 2.05) is 17.9 Å². The largest absolute Gasteiger partial charge is 0.480 e. The maximum Gasteiger partial charge on any atom is 0.321 e. The number of carboxylic acid groups (broad SMARTS) is 1. The molecule has 2 aromatic rings. The lowest BCUT2D eigenvalue weighted by molar-refractivity contribution is -0.145. The number of halogens is 2. The lowest BCUT2D eigenvalue weighted by Crippen LogP contribution is -2.49. The number of aliphatic carboxylic acids is 1. The molecule has 0 unspecified atom stereocenters. The van der Waals surface area contributed by atoms with Crippen LogP contribution < -0.4 is 0 Å². The van der Waals surface area contributed by atoms with Gasteiger partial charge in [-0.1, -0.05) is 55.7 Å². The zero-order valence-electron chi connectivity index (χ0n) is 24.8. The molecule has 6 nitrogen and oxygen atoms in total. The SMILES string of the molecule is CCN(C(=O)Cc1ccc(F)c(F)c1)C1CCN(C[C@H]2CN([C@@H](C(=O)O)C3CCCCC3)C[C@@H]2c2ccccc2)CC1. The third-order valence-corrected chi connectivity index (χ3v) is 9.93. The van der Waals surface area contributed by atoms with Crippen molar-refractivity contribution >= 4 is 11.9 Å². The Morgan fingerprint density at radius 1 is 0.952 bits per heavy atom. The molecular formula is C34H45F2N3O3. The molecule has 1 N–H and O–H groups in total. The molecular weight excluding hydrogens is 536 g/mol. The second-order valence-corrected chi connectivity index (χ2v) is 12.5. The molecule has 2 heterocycles. The summed E-state index contributed by atoms with van der Waals surface area (Å²) in [7, 11) is 0. The van der Waals surface area contributed by atoms with Crippen LogP contribution in [0.25, 0.3) is 0 Å². The van der Waals surface area contributed by atoms with E-state index in [0.717, 1.165) is 83.4 Å². The molecule has 1 saturated carbocycles. The number of nitrogens with zero attached hydrogens (tertiary/aromatic N) is 3. The average molecular weight is 582 g/mol. The van der Waals surface area contributed by atoms with Crippen molar-refractivity contribution in [2.75, 3.05) is 39.3 Å². The molecule has 5 rings (SSSR count). The Morgan fingerprint density at radius 2 is 1.67 bits per heavy atom. The first kappa shape index (κ1) is 30.6. The van der Waals surface area contributed by atoms with E-state index in [-0.39, 0.29) is 24.3 Å². The van der Waals surface area contributed by atoms with E-state index in [1.165, 1.54) is 18.1 Å². The Labute approximate surface area is 248 Å². The van der Waals surface area contributed by atoms with Crippen molar-refractivity contribution in [1.82, 2.24) is 14.7 Å². The number of likely N-dealkylation sites (tertiary alicyclic amines) is 2. The summed E-state index contributed by atoms with van der Waals surface area (Å²) in [4.78, 5) is 32.3. The fourth-order valence-electron chi connectivity index (χ4n) is 7.81. The van der Waals surface area contributed by atoms with E-state index in [1.54, 1.807) is 0 Å². The number of carbonyl (C=O) groups is 2. The monoisotopic (exact) mass is 581 g/mol. The van der Waals surface area contributed by atoms with Gasteiger partial charge < -0.3 is 14.9 Å². The van der Waals surface area contributed by atoms with Gasteiger partial charge in [-0.25, -0.2) is 8.78 Å². The van der Waals surface area contributed by atoms with Gasteiger partial charge in [0, 0.05) is 51.2 Å². The number of benzene rings is 2. The summed E-state index contributed by atoms with van der Waals surface area (Å²) in [5.74, 6) is -1.71. The van der Waals surface area contributed by atoms with Gasteiger partial charge in [-0.2, -0.15) is 0 Å². The number of likely N-dealkylation sites (N-methyl/N-ethyl adjacent to an activating group) is 1. The molecule has 0 radical (unpaired) electrons. The van der Waals surface area contributed by atoms with Crippen LogP contribution in [-0.2, 0) is 16.0 Å². The molecule has 1 aliphatic carbocycles. The first-order valence-electron chi connectivity index (χ1n) is 15.8.